The van der Waals surface area contributed by atoms with E-state index in [-0.39, 0.29) is 17.1 Å². The zero-order valence-electron chi connectivity index (χ0n) is 17.8. The molecule has 1 amide bonds. The maximum Gasteiger partial charge on any atom is 0.248 e. The summed E-state index contributed by atoms with van der Waals surface area (Å²) in [6, 6.07) is 13.4. The quantitative estimate of drug-likeness (QED) is 0.369. The molecule has 174 valence electrons. The van der Waals surface area contributed by atoms with Crippen LogP contribution in [-0.2, 0) is 21.4 Å². The maximum absolute atomic E-state index is 14.2. The molecule has 4 aromatic rings. The first kappa shape index (κ1) is 23.0. The number of tetrazole rings is 1. The van der Waals surface area contributed by atoms with Gasteiger partial charge in [-0.2, -0.15) is 4.68 Å². The highest BCUT2D eigenvalue weighted by molar-refractivity contribution is 7.89. The molecular weight excluding hydrogens is 463 g/mol. The topological polar surface area (TPSA) is 132 Å². The number of hydrogen-bond donors (Lipinski definition) is 2. The first-order valence-corrected chi connectivity index (χ1v) is 11.5. The van der Waals surface area contributed by atoms with Crippen molar-refractivity contribution in [3.8, 4) is 5.69 Å². The fraction of sp³-hybridized carbons (Fsp3) is 0.0909. The molecule has 0 spiro atoms. The molecule has 0 radical (unpaired) electrons. The predicted molar refractivity (Wildman–Crippen MR) is 121 cm³/mol. The Morgan fingerprint density at radius 2 is 1.97 bits per heavy atom. The van der Waals surface area contributed by atoms with Crippen LogP contribution >= 0.6 is 0 Å². The van der Waals surface area contributed by atoms with Crippen LogP contribution in [0.25, 0.3) is 11.8 Å². The Kier molecular flexibility index (Phi) is 6.61. The molecule has 0 unspecified atom stereocenters. The highest BCUT2D eigenvalue weighted by atomic mass is 32.2. The second kappa shape index (κ2) is 9.77. The van der Waals surface area contributed by atoms with Crippen molar-refractivity contribution in [1.82, 2.24) is 24.9 Å². The van der Waals surface area contributed by atoms with E-state index in [1.165, 1.54) is 53.4 Å². The molecule has 0 aliphatic carbocycles. The number of amides is 1. The van der Waals surface area contributed by atoms with E-state index in [1.807, 2.05) is 0 Å². The molecule has 0 bridgehead atoms. The number of halogens is 1. The van der Waals surface area contributed by atoms with E-state index >= 15 is 0 Å². The Labute approximate surface area is 194 Å². The van der Waals surface area contributed by atoms with Crippen LogP contribution in [0.5, 0.6) is 0 Å². The zero-order valence-corrected chi connectivity index (χ0v) is 18.7. The van der Waals surface area contributed by atoms with Gasteiger partial charge in [-0.1, -0.05) is 12.1 Å². The van der Waals surface area contributed by atoms with Crippen molar-refractivity contribution in [2.24, 2.45) is 0 Å². The van der Waals surface area contributed by atoms with Crippen LogP contribution in [0.4, 0.5) is 10.1 Å². The van der Waals surface area contributed by atoms with Gasteiger partial charge in [-0.25, -0.2) is 17.5 Å². The molecule has 2 aromatic heterocycles. The van der Waals surface area contributed by atoms with Crippen LogP contribution in [0.15, 0.2) is 76.2 Å². The number of hydrogen-bond acceptors (Lipinski definition) is 7. The lowest BCUT2D eigenvalue weighted by molar-refractivity contribution is -0.111. The molecule has 0 atom stereocenters. The van der Waals surface area contributed by atoms with Gasteiger partial charge in [-0.05, 0) is 71.5 Å². The second-order valence-corrected chi connectivity index (χ2v) is 8.86. The van der Waals surface area contributed by atoms with Crippen molar-refractivity contribution >= 4 is 27.7 Å². The van der Waals surface area contributed by atoms with Gasteiger partial charge in [-0.3, -0.25) is 4.79 Å². The number of benzene rings is 2. The molecule has 0 saturated carbocycles. The SMILES string of the molecule is Cc1nnnn1-c1ccc(F)c(NC(=O)/C=C/c2ccc(S(=O)(=O)NCc3ccco3)cc2)c1. The van der Waals surface area contributed by atoms with Crippen LogP contribution in [0.3, 0.4) is 0 Å². The number of aryl methyl sites for hydroxylation is 1. The average molecular weight is 482 g/mol. The summed E-state index contributed by atoms with van der Waals surface area (Å²) in [7, 11) is -3.73. The Morgan fingerprint density at radius 1 is 1.18 bits per heavy atom. The third kappa shape index (κ3) is 5.42. The smallest absolute Gasteiger partial charge is 0.248 e. The Morgan fingerprint density at radius 3 is 2.65 bits per heavy atom. The lowest BCUT2D eigenvalue weighted by Gasteiger charge is -2.08. The number of anilines is 1. The zero-order chi connectivity index (χ0) is 24.1. The molecule has 2 N–H and O–H groups in total. The summed E-state index contributed by atoms with van der Waals surface area (Å²) >= 11 is 0. The lowest BCUT2D eigenvalue weighted by Crippen LogP contribution is -2.22. The third-order valence-electron chi connectivity index (χ3n) is 4.71. The number of aromatic nitrogens is 4. The number of rotatable bonds is 8. The monoisotopic (exact) mass is 482 g/mol. The molecule has 2 heterocycles. The van der Waals surface area contributed by atoms with Gasteiger partial charge in [0.1, 0.15) is 11.6 Å². The van der Waals surface area contributed by atoms with Crippen LogP contribution in [0.2, 0.25) is 0 Å². The molecular formula is C22H19FN6O4S. The van der Waals surface area contributed by atoms with Crippen molar-refractivity contribution in [3.05, 3.63) is 89.9 Å². The average Bonchev–Trinajstić information content (AvgIpc) is 3.50. The number of nitrogens with one attached hydrogen (secondary N) is 2. The summed E-state index contributed by atoms with van der Waals surface area (Å²) in [6.07, 6.45) is 4.16. The summed E-state index contributed by atoms with van der Waals surface area (Å²) in [6.45, 7) is 1.72. The van der Waals surface area contributed by atoms with E-state index in [0.29, 0.717) is 22.8 Å². The predicted octanol–water partition coefficient (Wildman–Crippen LogP) is 2.83. The number of carbonyl (C=O) groups excluding carboxylic acids is 1. The summed E-state index contributed by atoms with van der Waals surface area (Å²) in [4.78, 5) is 12.4. The molecule has 0 saturated heterocycles. The van der Waals surface area contributed by atoms with Crippen molar-refractivity contribution in [3.63, 3.8) is 0 Å². The van der Waals surface area contributed by atoms with Gasteiger partial charge in [-0.15, -0.1) is 5.10 Å². The van der Waals surface area contributed by atoms with Gasteiger partial charge in [0.2, 0.25) is 15.9 Å². The molecule has 10 nitrogen and oxygen atoms in total. The van der Waals surface area contributed by atoms with Gasteiger partial charge in [0.05, 0.1) is 29.1 Å². The molecule has 12 heteroatoms. The summed E-state index contributed by atoms with van der Waals surface area (Å²) in [5, 5.41) is 13.6. The van der Waals surface area contributed by atoms with Crippen LogP contribution in [-0.4, -0.2) is 34.5 Å². The molecule has 34 heavy (non-hydrogen) atoms. The normalized spacial score (nSPS) is 11.7. The molecule has 4 rings (SSSR count). The number of furan rings is 1. The molecule has 0 fully saturated rings. The van der Waals surface area contributed by atoms with Crippen molar-refractivity contribution in [2.45, 2.75) is 18.4 Å². The van der Waals surface area contributed by atoms with Gasteiger partial charge in [0.25, 0.3) is 0 Å². The molecule has 2 aromatic carbocycles. The van der Waals surface area contributed by atoms with Gasteiger partial charge in [0.15, 0.2) is 5.82 Å². The van der Waals surface area contributed by atoms with Crippen LogP contribution in [0.1, 0.15) is 17.1 Å². The van der Waals surface area contributed by atoms with Crippen molar-refractivity contribution in [2.75, 3.05) is 5.32 Å². The highest BCUT2D eigenvalue weighted by Crippen LogP contribution is 2.19. The standard InChI is InChI=1S/C22H19FN6O4S/c1-15-26-27-28-29(15)17-7-10-20(23)21(13-17)25-22(30)11-6-16-4-8-19(9-5-16)34(31,32)24-14-18-3-2-12-33-18/h2-13,24H,14H2,1H3,(H,25,30)/b11-6+. The van der Waals surface area contributed by atoms with E-state index in [1.54, 1.807) is 31.2 Å². The van der Waals surface area contributed by atoms with E-state index in [9.17, 15) is 17.6 Å². The minimum Gasteiger partial charge on any atom is -0.468 e. The first-order valence-electron chi connectivity index (χ1n) is 9.98. The minimum atomic E-state index is -3.73. The molecule has 0 aliphatic heterocycles. The number of sulfonamides is 1. The summed E-state index contributed by atoms with van der Waals surface area (Å²) < 4.78 is 47.9. The Balaban J connectivity index is 1.40. The first-order chi connectivity index (χ1) is 16.3. The maximum atomic E-state index is 14.2. The van der Waals surface area contributed by atoms with Gasteiger partial charge < -0.3 is 9.73 Å². The number of nitrogens with zero attached hydrogens (tertiary/aromatic N) is 4. The molecule has 0 aliphatic rings. The van der Waals surface area contributed by atoms with E-state index < -0.39 is 21.7 Å². The largest absolute Gasteiger partial charge is 0.468 e. The number of carbonyl (C=O) groups is 1. The van der Waals surface area contributed by atoms with Crippen LogP contribution in [0, 0.1) is 12.7 Å². The second-order valence-electron chi connectivity index (χ2n) is 7.10. The fourth-order valence-electron chi connectivity index (χ4n) is 2.98. The third-order valence-corrected chi connectivity index (χ3v) is 6.13. The van der Waals surface area contributed by atoms with Gasteiger partial charge in [0, 0.05) is 6.08 Å². The van der Waals surface area contributed by atoms with Crippen molar-refractivity contribution < 1.29 is 22.0 Å². The van der Waals surface area contributed by atoms with Gasteiger partial charge >= 0.3 is 0 Å². The van der Waals surface area contributed by atoms with Crippen molar-refractivity contribution in [1.29, 1.82) is 0 Å². The summed E-state index contributed by atoms with van der Waals surface area (Å²) in [5.74, 6) is -0.191. The van der Waals surface area contributed by atoms with Crippen LogP contribution < -0.4 is 10.0 Å². The lowest BCUT2D eigenvalue weighted by atomic mass is 10.2. The highest BCUT2D eigenvalue weighted by Gasteiger charge is 2.14. The summed E-state index contributed by atoms with van der Waals surface area (Å²) in [5.41, 5.74) is 1.03. The van der Waals surface area contributed by atoms with E-state index in [4.69, 9.17) is 4.42 Å². The Bertz CT molecular complexity index is 1430. The fourth-order valence-corrected chi connectivity index (χ4v) is 3.97. The van der Waals surface area contributed by atoms with E-state index in [0.717, 1.165) is 0 Å². The minimum absolute atomic E-state index is 0.0297. The Hall–Kier alpha value is -4.16. The van der Waals surface area contributed by atoms with E-state index in [2.05, 4.69) is 25.6 Å².